The lowest BCUT2D eigenvalue weighted by Gasteiger charge is -2.05. The van der Waals surface area contributed by atoms with Crippen LogP contribution in [-0.4, -0.2) is 27.1 Å². The Labute approximate surface area is 79.0 Å². The van der Waals surface area contributed by atoms with Gasteiger partial charge in [0.1, 0.15) is 6.04 Å². The zero-order valence-electron chi connectivity index (χ0n) is 7.04. The Bertz CT molecular complexity index is 377. The molecule has 1 heterocycles. The Hall–Kier alpha value is -1.95. The fourth-order valence-electron chi connectivity index (χ4n) is 0.878. The van der Waals surface area contributed by atoms with Crippen molar-refractivity contribution in [3.8, 4) is 0 Å². The third-order valence-corrected chi connectivity index (χ3v) is 1.61. The van der Waals surface area contributed by atoms with Crippen molar-refractivity contribution < 1.29 is 19.8 Å². The average molecular weight is 196 g/mol. The van der Waals surface area contributed by atoms with Gasteiger partial charge in [0.25, 0.3) is 0 Å². The van der Waals surface area contributed by atoms with Crippen molar-refractivity contribution in [3.05, 3.63) is 29.6 Å². The molecule has 1 atom stereocenters. The Morgan fingerprint density at radius 3 is 2.57 bits per heavy atom. The summed E-state index contributed by atoms with van der Waals surface area (Å²) in [7, 11) is 0. The quantitative estimate of drug-likeness (QED) is 0.620. The maximum Gasteiger partial charge on any atom is 0.335 e. The number of carboxylic acids is 2. The zero-order chi connectivity index (χ0) is 10.7. The minimum Gasteiger partial charge on any atom is -0.480 e. The third-order valence-electron chi connectivity index (χ3n) is 1.61. The number of hydrogen-bond donors (Lipinski definition) is 3. The molecule has 1 aromatic heterocycles. The second-order valence-corrected chi connectivity index (χ2v) is 2.59. The normalized spacial score (nSPS) is 12.1. The highest BCUT2D eigenvalue weighted by Crippen LogP contribution is 2.09. The Morgan fingerprint density at radius 2 is 2.07 bits per heavy atom. The predicted octanol–water partition coefficient (Wildman–Crippen LogP) is -0.136. The number of rotatable bonds is 3. The summed E-state index contributed by atoms with van der Waals surface area (Å²) < 4.78 is 0. The van der Waals surface area contributed by atoms with Crippen LogP contribution in [0, 0.1) is 0 Å². The number of aromatic nitrogens is 1. The van der Waals surface area contributed by atoms with Crippen LogP contribution >= 0.6 is 0 Å². The van der Waals surface area contributed by atoms with Crippen molar-refractivity contribution in [2.45, 2.75) is 6.04 Å². The first-order valence-corrected chi connectivity index (χ1v) is 3.70. The monoisotopic (exact) mass is 196 g/mol. The Kier molecular flexibility index (Phi) is 2.78. The minimum atomic E-state index is -1.30. The van der Waals surface area contributed by atoms with Crippen molar-refractivity contribution in [2.24, 2.45) is 5.73 Å². The van der Waals surface area contributed by atoms with Crippen molar-refractivity contribution in [1.82, 2.24) is 4.98 Å². The van der Waals surface area contributed by atoms with Gasteiger partial charge in [0.05, 0.1) is 11.3 Å². The lowest BCUT2D eigenvalue weighted by Crippen LogP contribution is -2.22. The van der Waals surface area contributed by atoms with E-state index in [0.29, 0.717) is 0 Å². The lowest BCUT2D eigenvalue weighted by atomic mass is 10.1. The molecule has 14 heavy (non-hydrogen) atoms. The number of aliphatic carboxylic acids is 1. The van der Waals surface area contributed by atoms with Crippen LogP contribution in [0.3, 0.4) is 0 Å². The number of pyridine rings is 1. The molecule has 74 valence electrons. The first-order valence-electron chi connectivity index (χ1n) is 3.70. The van der Waals surface area contributed by atoms with Gasteiger partial charge in [-0.1, -0.05) is 0 Å². The van der Waals surface area contributed by atoms with Gasteiger partial charge in [0.15, 0.2) is 0 Å². The van der Waals surface area contributed by atoms with Gasteiger partial charge in [0, 0.05) is 6.20 Å². The van der Waals surface area contributed by atoms with Gasteiger partial charge in [-0.05, 0) is 12.1 Å². The molecule has 0 aromatic carbocycles. The number of nitrogens with two attached hydrogens (primary N) is 1. The topological polar surface area (TPSA) is 114 Å². The highest BCUT2D eigenvalue weighted by Gasteiger charge is 2.16. The molecule has 0 aliphatic carbocycles. The summed E-state index contributed by atoms with van der Waals surface area (Å²) in [5.41, 5.74) is 5.24. The van der Waals surface area contributed by atoms with Crippen LogP contribution in [0.5, 0.6) is 0 Å². The summed E-state index contributed by atoms with van der Waals surface area (Å²) in [4.78, 5) is 24.7. The van der Waals surface area contributed by atoms with E-state index in [4.69, 9.17) is 15.9 Å². The molecule has 0 amide bonds. The molecule has 0 spiro atoms. The number of nitrogens with zero attached hydrogens (tertiary/aromatic N) is 1. The highest BCUT2D eigenvalue weighted by atomic mass is 16.4. The number of carboxylic acid groups (broad SMARTS) is 2. The van der Waals surface area contributed by atoms with Gasteiger partial charge in [-0.15, -0.1) is 0 Å². The van der Waals surface area contributed by atoms with E-state index in [-0.39, 0.29) is 11.3 Å². The van der Waals surface area contributed by atoms with E-state index in [0.717, 1.165) is 6.07 Å². The van der Waals surface area contributed by atoms with Crippen LogP contribution in [0.1, 0.15) is 22.1 Å². The van der Waals surface area contributed by atoms with E-state index in [9.17, 15) is 9.59 Å². The first-order chi connectivity index (χ1) is 6.52. The van der Waals surface area contributed by atoms with Crippen molar-refractivity contribution in [2.75, 3.05) is 0 Å². The van der Waals surface area contributed by atoms with Crippen molar-refractivity contribution in [3.63, 3.8) is 0 Å². The van der Waals surface area contributed by atoms with E-state index in [2.05, 4.69) is 4.98 Å². The highest BCUT2D eigenvalue weighted by molar-refractivity contribution is 5.88. The van der Waals surface area contributed by atoms with Gasteiger partial charge < -0.3 is 15.9 Å². The molecule has 0 unspecified atom stereocenters. The van der Waals surface area contributed by atoms with Crippen LogP contribution in [0.15, 0.2) is 18.3 Å². The smallest absolute Gasteiger partial charge is 0.335 e. The predicted molar refractivity (Wildman–Crippen MR) is 45.8 cm³/mol. The van der Waals surface area contributed by atoms with E-state index in [1.165, 1.54) is 12.3 Å². The van der Waals surface area contributed by atoms with E-state index < -0.39 is 18.0 Å². The number of carbonyl (C=O) groups is 2. The van der Waals surface area contributed by atoms with E-state index >= 15 is 0 Å². The van der Waals surface area contributed by atoms with Crippen LogP contribution in [0.25, 0.3) is 0 Å². The second-order valence-electron chi connectivity index (χ2n) is 2.59. The van der Waals surface area contributed by atoms with Gasteiger partial charge in [-0.25, -0.2) is 4.79 Å². The van der Waals surface area contributed by atoms with Crippen LogP contribution in [0.4, 0.5) is 0 Å². The number of hydrogen-bond acceptors (Lipinski definition) is 4. The number of aromatic carboxylic acids is 1. The SMILES string of the molecule is N[C@@H](C(=O)O)c1cc(C(=O)O)ccn1. The fourth-order valence-corrected chi connectivity index (χ4v) is 0.878. The molecule has 4 N–H and O–H groups in total. The Balaban J connectivity index is 3.05. The average Bonchev–Trinajstić information content (AvgIpc) is 2.16. The molecule has 1 rings (SSSR count). The molecular weight excluding hydrogens is 188 g/mol. The molecule has 0 saturated heterocycles. The summed E-state index contributed by atoms with van der Waals surface area (Å²) in [5.74, 6) is -2.40. The van der Waals surface area contributed by atoms with Crippen LogP contribution in [-0.2, 0) is 4.79 Å². The first kappa shape index (κ1) is 10.1. The van der Waals surface area contributed by atoms with Gasteiger partial charge in [-0.3, -0.25) is 9.78 Å². The zero-order valence-corrected chi connectivity index (χ0v) is 7.04. The van der Waals surface area contributed by atoms with Crippen molar-refractivity contribution in [1.29, 1.82) is 0 Å². The van der Waals surface area contributed by atoms with Crippen LogP contribution in [0.2, 0.25) is 0 Å². The molecule has 0 aliphatic heterocycles. The minimum absolute atomic E-state index is 0.0254. The standard InChI is InChI=1S/C8H8N2O4/c9-6(8(13)14)5-3-4(7(11)12)1-2-10-5/h1-3,6H,9H2,(H,11,12)(H,13,14)/t6-/m1/s1. The fraction of sp³-hybridized carbons (Fsp3) is 0.125. The maximum absolute atomic E-state index is 10.5. The largest absolute Gasteiger partial charge is 0.480 e. The summed E-state index contributed by atoms with van der Waals surface area (Å²) in [6.07, 6.45) is 1.21. The molecule has 1 aromatic rings. The molecular formula is C8H8N2O4. The van der Waals surface area contributed by atoms with E-state index in [1.807, 2.05) is 0 Å². The van der Waals surface area contributed by atoms with Crippen LogP contribution < -0.4 is 5.73 Å². The third kappa shape index (κ3) is 2.05. The molecule has 0 aliphatic rings. The Morgan fingerprint density at radius 1 is 1.43 bits per heavy atom. The van der Waals surface area contributed by atoms with Gasteiger partial charge >= 0.3 is 11.9 Å². The van der Waals surface area contributed by atoms with Gasteiger partial charge in [0.2, 0.25) is 0 Å². The molecule has 6 nitrogen and oxygen atoms in total. The van der Waals surface area contributed by atoms with Crippen molar-refractivity contribution >= 4 is 11.9 Å². The second kappa shape index (κ2) is 3.84. The molecule has 0 saturated carbocycles. The molecule has 0 fully saturated rings. The lowest BCUT2D eigenvalue weighted by molar-refractivity contribution is -0.138. The molecule has 0 bridgehead atoms. The van der Waals surface area contributed by atoms with E-state index in [1.54, 1.807) is 0 Å². The molecule has 0 radical (unpaired) electrons. The summed E-state index contributed by atoms with van der Waals surface area (Å²) >= 11 is 0. The summed E-state index contributed by atoms with van der Waals surface area (Å²) in [6, 6.07) is 1.11. The van der Waals surface area contributed by atoms with Gasteiger partial charge in [-0.2, -0.15) is 0 Å². The molecule has 6 heteroatoms. The maximum atomic E-state index is 10.5. The summed E-state index contributed by atoms with van der Waals surface area (Å²) in [5, 5.41) is 17.2. The summed E-state index contributed by atoms with van der Waals surface area (Å²) in [6.45, 7) is 0.